The van der Waals surface area contributed by atoms with Gasteiger partial charge >= 0.3 is 0 Å². The normalized spacial score (nSPS) is 14.1. The monoisotopic (exact) mass is 340 g/mol. The first kappa shape index (κ1) is 15.4. The van der Waals surface area contributed by atoms with Crippen molar-refractivity contribution in [2.75, 3.05) is 5.75 Å². The summed E-state index contributed by atoms with van der Waals surface area (Å²) in [5.41, 5.74) is 3.62. The Balaban J connectivity index is 1.68. The molecule has 3 aromatic rings. The number of fused-ring (bicyclic) bond motifs is 3. The maximum absolute atomic E-state index is 13.0. The molecule has 0 unspecified atom stereocenters. The van der Waals surface area contributed by atoms with Crippen molar-refractivity contribution in [1.82, 2.24) is 19.3 Å². The molecule has 1 aliphatic rings. The first-order valence-electron chi connectivity index (χ1n) is 8.30. The van der Waals surface area contributed by atoms with E-state index in [0.717, 1.165) is 35.8 Å². The Morgan fingerprint density at radius 2 is 2.00 bits per heavy atom. The molecule has 0 amide bonds. The Morgan fingerprint density at radius 3 is 2.79 bits per heavy atom. The smallest absolute Gasteiger partial charge is 0.241 e. The lowest BCUT2D eigenvalue weighted by Gasteiger charge is -2.14. The summed E-state index contributed by atoms with van der Waals surface area (Å²) in [7, 11) is 1.93. The van der Waals surface area contributed by atoms with Gasteiger partial charge in [-0.25, -0.2) is 0 Å². The van der Waals surface area contributed by atoms with Crippen molar-refractivity contribution in [3.8, 4) is 0 Å². The number of nitrogens with zero attached hydrogens (tertiary/aromatic N) is 4. The zero-order valence-corrected chi connectivity index (χ0v) is 14.8. The van der Waals surface area contributed by atoms with Gasteiger partial charge in [0.1, 0.15) is 5.82 Å². The van der Waals surface area contributed by atoms with Gasteiger partial charge in [0.25, 0.3) is 0 Å². The Bertz CT molecular complexity index is 925. The molecule has 0 saturated heterocycles. The zero-order chi connectivity index (χ0) is 16.7. The summed E-state index contributed by atoms with van der Waals surface area (Å²) in [4.78, 5) is 13.0. The minimum atomic E-state index is 0.125. The molecule has 124 valence electrons. The Labute approximate surface area is 145 Å². The molecule has 5 nitrogen and oxygen atoms in total. The molecule has 0 bridgehead atoms. The third kappa shape index (κ3) is 2.45. The van der Waals surface area contributed by atoms with Crippen LogP contribution >= 0.6 is 11.8 Å². The number of rotatable bonds is 3. The molecule has 2 aromatic heterocycles. The summed E-state index contributed by atoms with van der Waals surface area (Å²) in [6, 6.07) is 8.27. The number of aryl methyl sites for hydroxylation is 2. The Morgan fingerprint density at radius 1 is 1.21 bits per heavy atom. The third-order valence-corrected chi connectivity index (χ3v) is 5.81. The highest BCUT2D eigenvalue weighted by Crippen LogP contribution is 2.32. The lowest BCUT2D eigenvalue weighted by atomic mass is 9.96. The van der Waals surface area contributed by atoms with Crippen molar-refractivity contribution in [3.05, 3.63) is 41.3 Å². The highest BCUT2D eigenvalue weighted by molar-refractivity contribution is 7.99. The number of para-hydroxylation sites is 1. The van der Waals surface area contributed by atoms with Crippen LogP contribution in [0.5, 0.6) is 0 Å². The van der Waals surface area contributed by atoms with E-state index in [9.17, 15) is 4.79 Å². The van der Waals surface area contributed by atoms with Crippen LogP contribution in [-0.4, -0.2) is 31.0 Å². The molecule has 0 spiro atoms. The lowest BCUT2D eigenvalue weighted by molar-refractivity contribution is 0.0943. The fourth-order valence-corrected chi connectivity index (χ4v) is 4.29. The van der Waals surface area contributed by atoms with Crippen molar-refractivity contribution in [2.24, 2.45) is 7.05 Å². The SMILES string of the molecule is Cc1nnc(SCC(=O)n2c3c(c4ccccc42)CCCC3)n1C. The zero-order valence-electron chi connectivity index (χ0n) is 14.0. The number of benzene rings is 1. The van der Waals surface area contributed by atoms with E-state index in [4.69, 9.17) is 0 Å². The Hall–Kier alpha value is -2.08. The van der Waals surface area contributed by atoms with Crippen molar-refractivity contribution in [2.45, 2.75) is 37.8 Å². The van der Waals surface area contributed by atoms with Crippen LogP contribution in [0.1, 0.15) is 34.7 Å². The van der Waals surface area contributed by atoms with Crippen LogP contribution in [0.4, 0.5) is 0 Å². The first-order chi connectivity index (χ1) is 11.7. The minimum absolute atomic E-state index is 0.125. The molecule has 4 rings (SSSR count). The van der Waals surface area contributed by atoms with Crippen LogP contribution in [0.25, 0.3) is 10.9 Å². The minimum Gasteiger partial charge on any atom is -0.309 e. The predicted octanol–water partition coefficient (Wildman–Crippen LogP) is 3.39. The summed E-state index contributed by atoms with van der Waals surface area (Å²) in [5.74, 6) is 1.35. The lowest BCUT2D eigenvalue weighted by Crippen LogP contribution is -2.18. The second kappa shape index (κ2) is 6.09. The van der Waals surface area contributed by atoms with E-state index in [1.807, 2.05) is 29.2 Å². The number of hydrogen-bond acceptors (Lipinski definition) is 4. The number of carbonyl (C=O) groups excluding carboxylic acids is 1. The highest BCUT2D eigenvalue weighted by atomic mass is 32.2. The van der Waals surface area contributed by atoms with Gasteiger partial charge in [0.05, 0.1) is 11.3 Å². The maximum Gasteiger partial charge on any atom is 0.241 e. The second-order valence-corrected chi connectivity index (χ2v) is 7.20. The van der Waals surface area contributed by atoms with E-state index in [2.05, 4.69) is 28.4 Å². The molecule has 2 heterocycles. The van der Waals surface area contributed by atoms with Crippen molar-refractivity contribution >= 4 is 28.6 Å². The van der Waals surface area contributed by atoms with Gasteiger partial charge < -0.3 is 4.57 Å². The van der Waals surface area contributed by atoms with Gasteiger partial charge in [-0.3, -0.25) is 9.36 Å². The maximum atomic E-state index is 13.0. The van der Waals surface area contributed by atoms with Crippen LogP contribution < -0.4 is 0 Å². The topological polar surface area (TPSA) is 52.7 Å². The molecule has 1 aromatic carbocycles. The summed E-state index contributed by atoms with van der Waals surface area (Å²) >= 11 is 1.45. The van der Waals surface area contributed by atoms with E-state index in [0.29, 0.717) is 5.75 Å². The van der Waals surface area contributed by atoms with E-state index < -0.39 is 0 Å². The first-order valence-corrected chi connectivity index (χ1v) is 9.28. The average Bonchev–Trinajstić information content (AvgIpc) is 3.11. The number of thioether (sulfide) groups is 1. The van der Waals surface area contributed by atoms with Gasteiger partial charge in [-0.15, -0.1) is 10.2 Å². The number of aromatic nitrogens is 4. The van der Waals surface area contributed by atoms with Crippen LogP contribution in [0, 0.1) is 6.92 Å². The van der Waals surface area contributed by atoms with Crippen LogP contribution in [0.2, 0.25) is 0 Å². The van der Waals surface area contributed by atoms with E-state index in [1.54, 1.807) is 0 Å². The van der Waals surface area contributed by atoms with Gasteiger partial charge in [-0.1, -0.05) is 30.0 Å². The molecular formula is C18H20N4OS. The van der Waals surface area contributed by atoms with E-state index in [1.165, 1.54) is 34.8 Å². The summed E-state index contributed by atoms with van der Waals surface area (Å²) in [6.45, 7) is 1.91. The van der Waals surface area contributed by atoms with Gasteiger partial charge in [0.2, 0.25) is 5.91 Å². The van der Waals surface area contributed by atoms with Crippen LogP contribution in [0.15, 0.2) is 29.4 Å². The third-order valence-electron chi connectivity index (χ3n) is 4.81. The van der Waals surface area contributed by atoms with Gasteiger partial charge in [-0.05, 0) is 44.2 Å². The molecule has 0 fully saturated rings. The molecule has 24 heavy (non-hydrogen) atoms. The van der Waals surface area contributed by atoms with Crippen molar-refractivity contribution in [1.29, 1.82) is 0 Å². The molecule has 0 aliphatic heterocycles. The van der Waals surface area contributed by atoms with Crippen LogP contribution in [-0.2, 0) is 19.9 Å². The largest absolute Gasteiger partial charge is 0.309 e. The quantitative estimate of drug-likeness (QED) is 0.686. The Kier molecular flexibility index (Phi) is 3.92. The standard InChI is InChI=1S/C18H20N4OS/c1-12-19-20-18(21(12)2)24-11-17(23)22-15-9-5-3-7-13(15)14-8-4-6-10-16(14)22/h3,5,7,9H,4,6,8,10-11H2,1-2H3. The van der Waals surface area contributed by atoms with Gasteiger partial charge in [0.15, 0.2) is 5.16 Å². The molecule has 0 atom stereocenters. The molecule has 1 aliphatic carbocycles. The fourth-order valence-electron chi connectivity index (χ4n) is 3.48. The fraction of sp³-hybridized carbons (Fsp3) is 0.389. The predicted molar refractivity (Wildman–Crippen MR) is 95.7 cm³/mol. The van der Waals surface area contributed by atoms with Crippen molar-refractivity contribution < 1.29 is 4.79 Å². The summed E-state index contributed by atoms with van der Waals surface area (Å²) in [5, 5.41) is 10.2. The summed E-state index contributed by atoms with van der Waals surface area (Å²) < 4.78 is 3.86. The molecule has 0 saturated carbocycles. The van der Waals surface area contributed by atoms with Gasteiger partial charge in [-0.2, -0.15) is 0 Å². The van der Waals surface area contributed by atoms with E-state index >= 15 is 0 Å². The average molecular weight is 340 g/mol. The second-order valence-electron chi connectivity index (χ2n) is 6.26. The van der Waals surface area contributed by atoms with Gasteiger partial charge in [0, 0.05) is 18.1 Å². The molecule has 0 N–H and O–H groups in total. The molecule has 0 radical (unpaired) electrons. The number of carbonyl (C=O) groups is 1. The van der Waals surface area contributed by atoms with Crippen molar-refractivity contribution in [3.63, 3.8) is 0 Å². The molecular weight excluding hydrogens is 320 g/mol. The van der Waals surface area contributed by atoms with E-state index in [-0.39, 0.29) is 5.91 Å². The summed E-state index contributed by atoms with van der Waals surface area (Å²) in [6.07, 6.45) is 4.43. The molecule has 6 heteroatoms. The highest BCUT2D eigenvalue weighted by Gasteiger charge is 2.23. The van der Waals surface area contributed by atoms with Crippen LogP contribution in [0.3, 0.4) is 0 Å². The number of hydrogen-bond donors (Lipinski definition) is 0.